The molecule has 7 nitrogen and oxygen atoms in total. The van der Waals surface area contributed by atoms with Gasteiger partial charge in [0.15, 0.2) is 0 Å². The fraction of sp³-hybridized carbons (Fsp3) is 0.333. The van der Waals surface area contributed by atoms with Crippen LogP contribution in [-0.4, -0.2) is 50.3 Å². The molecule has 0 radical (unpaired) electrons. The molecule has 1 aliphatic heterocycles. The van der Waals surface area contributed by atoms with E-state index in [2.05, 4.69) is 5.32 Å². The molecule has 0 aromatic heterocycles. The molecule has 1 aliphatic rings. The number of carbonyl (C=O) groups excluding carboxylic acids is 2. The Hall–Kier alpha value is -2.71. The smallest absolute Gasteiger partial charge is 0.338 e. The van der Waals surface area contributed by atoms with E-state index in [1.807, 2.05) is 6.07 Å². The molecule has 1 saturated heterocycles. The average molecular weight is 416 g/mol. The van der Waals surface area contributed by atoms with Crippen molar-refractivity contribution < 1.29 is 22.7 Å². The minimum absolute atomic E-state index is 0.0691. The van der Waals surface area contributed by atoms with Crippen LogP contribution in [0.2, 0.25) is 0 Å². The van der Waals surface area contributed by atoms with Crippen molar-refractivity contribution in [3.05, 3.63) is 65.7 Å². The molecule has 0 aliphatic carbocycles. The lowest BCUT2D eigenvalue weighted by Crippen LogP contribution is -2.46. The van der Waals surface area contributed by atoms with E-state index in [9.17, 15) is 18.0 Å². The Morgan fingerprint density at radius 2 is 1.62 bits per heavy atom. The molecular weight excluding hydrogens is 392 g/mol. The molecule has 2 aromatic carbocycles. The van der Waals surface area contributed by atoms with Crippen molar-refractivity contribution in [3.8, 4) is 0 Å². The van der Waals surface area contributed by atoms with Gasteiger partial charge in [0.25, 0.3) is 5.91 Å². The van der Waals surface area contributed by atoms with Crippen molar-refractivity contribution >= 4 is 21.9 Å². The summed E-state index contributed by atoms with van der Waals surface area (Å²) in [7, 11) is -3.65. The van der Waals surface area contributed by atoms with Gasteiger partial charge in [-0.05, 0) is 56.2 Å². The number of nitrogens with one attached hydrogen (secondary N) is 1. The zero-order chi connectivity index (χ0) is 20.9. The number of benzene rings is 2. The van der Waals surface area contributed by atoms with E-state index >= 15 is 0 Å². The van der Waals surface area contributed by atoms with Gasteiger partial charge < -0.3 is 10.1 Å². The lowest BCUT2D eigenvalue weighted by molar-refractivity contribution is 0.0526. The first-order chi connectivity index (χ1) is 13.9. The Morgan fingerprint density at radius 3 is 2.21 bits per heavy atom. The van der Waals surface area contributed by atoms with Gasteiger partial charge in [0.1, 0.15) is 0 Å². The van der Waals surface area contributed by atoms with Crippen molar-refractivity contribution in [1.29, 1.82) is 0 Å². The van der Waals surface area contributed by atoms with Crippen LogP contribution in [0, 0.1) is 0 Å². The molecule has 0 atom stereocenters. The predicted octanol–water partition coefficient (Wildman–Crippen LogP) is 2.45. The highest BCUT2D eigenvalue weighted by atomic mass is 32.2. The van der Waals surface area contributed by atoms with E-state index in [4.69, 9.17) is 4.74 Å². The van der Waals surface area contributed by atoms with Crippen molar-refractivity contribution in [2.75, 3.05) is 19.7 Å². The van der Waals surface area contributed by atoms with Gasteiger partial charge in [-0.25, -0.2) is 13.2 Å². The van der Waals surface area contributed by atoms with Crippen LogP contribution in [0.5, 0.6) is 0 Å². The third kappa shape index (κ3) is 5.02. The summed E-state index contributed by atoms with van der Waals surface area (Å²) in [6.07, 6.45) is 1.08. The molecule has 1 N–H and O–H groups in total. The SMILES string of the molecule is CCOC(=O)c1ccc(S(=O)(=O)N2CCC(NC(=O)c3ccccc3)CC2)cc1. The van der Waals surface area contributed by atoms with E-state index in [-0.39, 0.29) is 23.5 Å². The first-order valence-corrected chi connectivity index (χ1v) is 11.0. The number of hydrogen-bond donors (Lipinski definition) is 1. The Labute approximate surface area is 170 Å². The lowest BCUT2D eigenvalue weighted by Gasteiger charge is -2.31. The molecule has 1 heterocycles. The molecule has 0 unspecified atom stereocenters. The maximum atomic E-state index is 12.9. The molecule has 3 rings (SSSR count). The second-order valence-electron chi connectivity index (χ2n) is 6.76. The van der Waals surface area contributed by atoms with Gasteiger partial charge in [0.2, 0.25) is 10.0 Å². The largest absolute Gasteiger partial charge is 0.462 e. The highest BCUT2D eigenvalue weighted by Crippen LogP contribution is 2.21. The summed E-state index contributed by atoms with van der Waals surface area (Å²) in [5, 5.41) is 2.97. The quantitative estimate of drug-likeness (QED) is 0.730. The summed E-state index contributed by atoms with van der Waals surface area (Å²) >= 11 is 0. The van der Waals surface area contributed by atoms with Crippen LogP contribution in [0.1, 0.15) is 40.5 Å². The summed E-state index contributed by atoms with van der Waals surface area (Å²) in [5.74, 6) is -0.632. The fourth-order valence-corrected chi connectivity index (χ4v) is 4.69. The van der Waals surface area contributed by atoms with Crippen LogP contribution in [0.15, 0.2) is 59.5 Å². The number of sulfonamides is 1. The van der Waals surface area contributed by atoms with E-state index in [0.717, 1.165) is 0 Å². The molecule has 29 heavy (non-hydrogen) atoms. The molecule has 154 valence electrons. The number of ether oxygens (including phenoxy) is 1. The topological polar surface area (TPSA) is 92.8 Å². The van der Waals surface area contributed by atoms with Crippen LogP contribution >= 0.6 is 0 Å². The Balaban J connectivity index is 1.59. The molecule has 1 amide bonds. The van der Waals surface area contributed by atoms with Crippen LogP contribution < -0.4 is 5.32 Å². The maximum Gasteiger partial charge on any atom is 0.338 e. The second kappa shape index (κ2) is 9.19. The second-order valence-corrected chi connectivity index (χ2v) is 8.70. The number of amides is 1. The molecule has 0 saturated carbocycles. The van der Waals surface area contributed by atoms with Crippen molar-refractivity contribution in [1.82, 2.24) is 9.62 Å². The van der Waals surface area contributed by atoms with Crippen LogP contribution in [-0.2, 0) is 14.8 Å². The highest BCUT2D eigenvalue weighted by Gasteiger charge is 2.30. The minimum atomic E-state index is -3.65. The summed E-state index contributed by atoms with van der Waals surface area (Å²) in [5.41, 5.74) is 0.900. The van der Waals surface area contributed by atoms with Gasteiger partial charge in [0.05, 0.1) is 17.1 Å². The molecule has 2 aromatic rings. The van der Waals surface area contributed by atoms with E-state index < -0.39 is 16.0 Å². The van der Waals surface area contributed by atoms with Crippen LogP contribution in [0.4, 0.5) is 0 Å². The minimum Gasteiger partial charge on any atom is -0.462 e. The highest BCUT2D eigenvalue weighted by molar-refractivity contribution is 7.89. The normalized spacial score (nSPS) is 15.6. The van der Waals surface area contributed by atoms with Crippen LogP contribution in [0.3, 0.4) is 0 Å². The third-order valence-electron chi connectivity index (χ3n) is 4.83. The molecule has 0 spiro atoms. The van der Waals surface area contributed by atoms with Gasteiger partial charge in [-0.1, -0.05) is 18.2 Å². The number of esters is 1. The van der Waals surface area contributed by atoms with Gasteiger partial charge in [0, 0.05) is 24.7 Å². The van der Waals surface area contributed by atoms with E-state index in [0.29, 0.717) is 37.1 Å². The number of carbonyl (C=O) groups is 2. The first-order valence-electron chi connectivity index (χ1n) is 9.55. The lowest BCUT2D eigenvalue weighted by atomic mass is 10.1. The van der Waals surface area contributed by atoms with Crippen molar-refractivity contribution in [2.45, 2.75) is 30.7 Å². The zero-order valence-electron chi connectivity index (χ0n) is 16.2. The first kappa shape index (κ1) is 21.0. The summed E-state index contributed by atoms with van der Waals surface area (Å²) in [6, 6.07) is 14.6. The molecule has 0 bridgehead atoms. The van der Waals surface area contributed by atoms with E-state index in [1.54, 1.807) is 31.2 Å². The number of piperidine rings is 1. The number of hydrogen-bond acceptors (Lipinski definition) is 5. The summed E-state index contributed by atoms with van der Waals surface area (Å²) in [6.45, 7) is 2.61. The van der Waals surface area contributed by atoms with E-state index in [1.165, 1.54) is 28.6 Å². The average Bonchev–Trinajstić information content (AvgIpc) is 2.75. The van der Waals surface area contributed by atoms with Crippen molar-refractivity contribution in [3.63, 3.8) is 0 Å². The number of rotatable bonds is 6. The third-order valence-corrected chi connectivity index (χ3v) is 6.74. The van der Waals surface area contributed by atoms with Gasteiger partial charge in [-0.2, -0.15) is 4.31 Å². The standard InChI is InChI=1S/C21H24N2O5S/c1-2-28-21(25)17-8-10-19(11-9-17)29(26,27)23-14-12-18(13-15-23)22-20(24)16-6-4-3-5-7-16/h3-11,18H,2,12-15H2,1H3,(H,22,24). The molecule has 8 heteroatoms. The fourth-order valence-electron chi connectivity index (χ4n) is 3.23. The summed E-state index contributed by atoms with van der Waals surface area (Å²) in [4.78, 5) is 24.1. The summed E-state index contributed by atoms with van der Waals surface area (Å²) < 4.78 is 32.1. The Bertz CT molecular complexity index is 950. The van der Waals surface area contributed by atoms with Crippen molar-refractivity contribution in [2.24, 2.45) is 0 Å². The van der Waals surface area contributed by atoms with Gasteiger partial charge in [-0.15, -0.1) is 0 Å². The van der Waals surface area contributed by atoms with Gasteiger partial charge >= 0.3 is 5.97 Å². The van der Waals surface area contributed by atoms with Crippen LogP contribution in [0.25, 0.3) is 0 Å². The zero-order valence-corrected chi connectivity index (χ0v) is 17.0. The maximum absolute atomic E-state index is 12.9. The Kier molecular flexibility index (Phi) is 6.66. The molecule has 1 fully saturated rings. The molecular formula is C21H24N2O5S. The predicted molar refractivity (Wildman–Crippen MR) is 108 cm³/mol. The Morgan fingerprint density at radius 1 is 1.00 bits per heavy atom. The number of nitrogens with zero attached hydrogens (tertiary/aromatic N) is 1. The van der Waals surface area contributed by atoms with Gasteiger partial charge in [-0.3, -0.25) is 4.79 Å². The monoisotopic (exact) mass is 416 g/mol.